The molecule has 4 nitrogen and oxygen atoms in total. The van der Waals surface area contributed by atoms with Crippen LogP contribution in [0.4, 0.5) is 11.8 Å². The highest BCUT2D eigenvalue weighted by Gasteiger charge is 1.96. The molecule has 1 rings (SSSR count). The molecule has 60 valence electrons. The van der Waals surface area contributed by atoms with Gasteiger partial charge in [-0.1, -0.05) is 0 Å². The van der Waals surface area contributed by atoms with Crippen molar-refractivity contribution in [3.8, 4) is 0 Å². The highest BCUT2D eigenvalue weighted by molar-refractivity contribution is 5.40. The fourth-order valence-electron chi connectivity index (χ4n) is 0.808. The maximum atomic E-state index is 4.14. The van der Waals surface area contributed by atoms with Gasteiger partial charge in [-0.3, -0.25) is 0 Å². The zero-order valence-corrected chi connectivity index (χ0v) is 6.97. The van der Waals surface area contributed by atoms with Crippen LogP contribution in [0.1, 0.15) is 5.69 Å². The van der Waals surface area contributed by atoms with Crippen molar-refractivity contribution < 1.29 is 0 Å². The van der Waals surface area contributed by atoms with Gasteiger partial charge in [-0.2, -0.15) is 4.98 Å². The van der Waals surface area contributed by atoms with E-state index in [0.717, 1.165) is 11.5 Å². The van der Waals surface area contributed by atoms with Gasteiger partial charge in [0.2, 0.25) is 5.95 Å². The SMILES string of the molecule is CNc1cc(C)nc(NC)n1. The molecule has 0 aliphatic carbocycles. The minimum Gasteiger partial charge on any atom is -0.373 e. The Morgan fingerprint density at radius 1 is 1.18 bits per heavy atom. The molecule has 1 aromatic rings. The van der Waals surface area contributed by atoms with Gasteiger partial charge in [-0.05, 0) is 6.92 Å². The third-order valence-electron chi connectivity index (χ3n) is 1.33. The quantitative estimate of drug-likeness (QED) is 0.660. The number of aromatic nitrogens is 2. The molecule has 0 aromatic carbocycles. The normalized spacial score (nSPS) is 9.36. The molecular formula is C7H12N4. The number of nitrogens with one attached hydrogen (secondary N) is 2. The van der Waals surface area contributed by atoms with Gasteiger partial charge in [-0.25, -0.2) is 4.98 Å². The number of hydrogen-bond acceptors (Lipinski definition) is 4. The summed E-state index contributed by atoms with van der Waals surface area (Å²) in [6, 6.07) is 1.89. The van der Waals surface area contributed by atoms with Crippen LogP contribution in [0.25, 0.3) is 0 Å². The van der Waals surface area contributed by atoms with Crippen molar-refractivity contribution in [2.75, 3.05) is 24.7 Å². The molecule has 0 bridgehead atoms. The predicted octanol–water partition coefficient (Wildman–Crippen LogP) is 0.868. The van der Waals surface area contributed by atoms with Crippen molar-refractivity contribution in [1.82, 2.24) is 9.97 Å². The third kappa shape index (κ3) is 1.80. The van der Waals surface area contributed by atoms with Gasteiger partial charge in [-0.15, -0.1) is 0 Å². The van der Waals surface area contributed by atoms with Gasteiger partial charge >= 0.3 is 0 Å². The molecule has 1 aromatic heterocycles. The summed E-state index contributed by atoms with van der Waals surface area (Å²) in [6.45, 7) is 1.93. The van der Waals surface area contributed by atoms with E-state index < -0.39 is 0 Å². The van der Waals surface area contributed by atoms with Crippen LogP contribution in [-0.4, -0.2) is 24.1 Å². The first-order valence-electron chi connectivity index (χ1n) is 3.47. The molecule has 0 fully saturated rings. The molecule has 0 aliphatic heterocycles. The zero-order chi connectivity index (χ0) is 8.27. The smallest absolute Gasteiger partial charge is 0.224 e. The van der Waals surface area contributed by atoms with Gasteiger partial charge in [0.15, 0.2) is 0 Å². The molecule has 0 aliphatic rings. The van der Waals surface area contributed by atoms with Crippen LogP contribution in [0.15, 0.2) is 6.07 Å². The Labute approximate surface area is 66.1 Å². The summed E-state index contributed by atoms with van der Waals surface area (Å²) in [6.07, 6.45) is 0. The van der Waals surface area contributed by atoms with Crippen molar-refractivity contribution in [3.63, 3.8) is 0 Å². The van der Waals surface area contributed by atoms with E-state index in [4.69, 9.17) is 0 Å². The maximum absolute atomic E-state index is 4.14. The van der Waals surface area contributed by atoms with E-state index in [1.807, 2.05) is 20.0 Å². The molecule has 0 saturated heterocycles. The van der Waals surface area contributed by atoms with E-state index in [9.17, 15) is 0 Å². The molecule has 0 spiro atoms. The first-order chi connectivity index (χ1) is 5.26. The van der Waals surface area contributed by atoms with Crippen LogP contribution in [0.2, 0.25) is 0 Å². The first kappa shape index (κ1) is 7.78. The van der Waals surface area contributed by atoms with E-state index in [1.165, 1.54) is 0 Å². The van der Waals surface area contributed by atoms with Gasteiger partial charge in [0.1, 0.15) is 5.82 Å². The summed E-state index contributed by atoms with van der Waals surface area (Å²) in [5.74, 6) is 1.48. The van der Waals surface area contributed by atoms with Gasteiger partial charge in [0.25, 0.3) is 0 Å². The van der Waals surface area contributed by atoms with Gasteiger partial charge < -0.3 is 10.6 Å². The van der Waals surface area contributed by atoms with Gasteiger partial charge in [0.05, 0.1) is 0 Å². The average Bonchev–Trinajstić information content (AvgIpc) is 2.03. The minimum absolute atomic E-state index is 0.648. The van der Waals surface area contributed by atoms with Crippen molar-refractivity contribution in [2.24, 2.45) is 0 Å². The molecule has 4 heteroatoms. The third-order valence-corrected chi connectivity index (χ3v) is 1.33. The fraction of sp³-hybridized carbons (Fsp3) is 0.429. The molecule has 0 amide bonds. The molecule has 1 heterocycles. The first-order valence-corrected chi connectivity index (χ1v) is 3.47. The molecule has 0 saturated carbocycles. The number of nitrogens with zero attached hydrogens (tertiary/aromatic N) is 2. The van der Waals surface area contributed by atoms with Crippen molar-refractivity contribution in [1.29, 1.82) is 0 Å². The van der Waals surface area contributed by atoms with Crippen LogP contribution >= 0.6 is 0 Å². The van der Waals surface area contributed by atoms with E-state index >= 15 is 0 Å². The Bertz CT molecular complexity index is 224. The monoisotopic (exact) mass is 152 g/mol. The maximum Gasteiger partial charge on any atom is 0.224 e. The van der Waals surface area contributed by atoms with Crippen LogP contribution in [-0.2, 0) is 0 Å². The van der Waals surface area contributed by atoms with E-state index in [-0.39, 0.29) is 0 Å². The molecule has 11 heavy (non-hydrogen) atoms. The number of anilines is 2. The second-order valence-corrected chi connectivity index (χ2v) is 2.22. The molecular weight excluding hydrogens is 140 g/mol. The standard InChI is InChI=1S/C7H12N4/c1-5-4-6(8-2)11-7(9-3)10-5/h4H,1-3H3,(H2,8,9,10,11). The van der Waals surface area contributed by atoms with Crippen molar-refractivity contribution in [3.05, 3.63) is 11.8 Å². The predicted molar refractivity (Wildman–Crippen MR) is 45.9 cm³/mol. The summed E-state index contributed by atoms with van der Waals surface area (Å²) in [5.41, 5.74) is 0.952. The Morgan fingerprint density at radius 2 is 1.91 bits per heavy atom. The Hall–Kier alpha value is -1.32. The van der Waals surface area contributed by atoms with Crippen LogP contribution < -0.4 is 10.6 Å². The number of rotatable bonds is 2. The molecule has 0 radical (unpaired) electrons. The Morgan fingerprint density at radius 3 is 2.45 bits per heavy atom. The second-order valence-electron chi connectivity index (χ2n) is 2.22. The summed E-state index contributed by atoms with van der Waals surface area (Å²) in [7, 11) is 3.63. The summed E-state index contributed by atoms with van der Waals surface area (Å²) >= 11 is 0. The molecule has 0 unspecified atom stereocenters. The van der Waals surface area contributed by atoms with E-state index in [1.54, 1.807) is 7.05 Å². The average molecular weight is 152 g/mol. The Balaban J connectivity index is 3.02. The van der Waals surface area contributed by atoms with Gasteiger partial charge in [0, 0.05) is 25.9 Å². The molecule has 2 N–H and O–H groups in total. The lowest BCUT2D eigenvalue weighted by Crippen LogP contribution is -2.01. The lowest BCUT2D eigenvalue weighted by molar-refractivity contribution is 1.09. The van der Waals surface area contributed by atoms with Crippen LogP contribution in [0.3, 0.4) is 0 Å². The minimum atomic E-state index is 0.648. The summed E-state index contributed by atoms with van der Waals surface area (Å²) < 4.78 is 0. The lowest BCUT2D eigenvalue weighted by Gasteiger charge is -2.03. The molecule has 0 atom stereocenters. The van der Waals surface area contributed by atoms with Crippen LogP contribution in [0.5, 0.6) is 0 Å². The van der Waals surface area contributed by atoms with E-state index in [2.05, 4.69) is 20.6 Å². The summed E-state index contributed by atoms with van der Waals surface area (Å²) in [4.78, 5) is 8.28. The van der Waals surface area contributed by atoms with Crippen molar-refractivity contribution in [2.45, 2.75) is 6.92 Å². The summed E-state index contributed by atoms with van der Waals surface area (Å²) in [5, 5.41) is 5.83. The fourth-order valence-corrected chi connectivity index (χ4v) is 0.808. The van der Waals surface area contributed by atoms with Crippen LogP contribution in [0, 0.1) is 6.92 Å². The zero-order valence-electron chi connectivity index (χ0n) is 6.97. The number of hydrogen-bond donors (Lipinski definition) is 2. The van der Waals surface area contributed by atoms with E-state index in [0.29, 0.717) is 5.95 Å². The highest BCUT2D eigenvalue weighted by Crippen LogP contribution is 2.07. The topological polar surface area (TPSA) is 49.8 Å². The lowest BCUT2D eigenvalue weighted by atomic mass is 10.4. The largest absolute Gasteiger partial charge is 0.373 e. The highest BCUT2D eigenvalue weighted by atomic mass is 15.1. The van der Waals surface area contributed by atoms with Crippen molar-refractivity contribution >= 4 is 11.8 Å². The number of aryl methyl sites for hydroxylation is 1. The Kier molecular flexibility index (Phi) is 2.25. The second kappa shape index (κ2) is 3.18.